The summed E-state index contributed by atoms with van der Waals surface area (Å²) in [6, 6.07) is 3.63. The van der Waals surface area contributed by atoms with Gasteiger partial charge in [0.25, 0.3) is 11.7 Å². The molecular formula is C10H14N6O2. The Balaban J connectivity index is 1.97. The number of aromatic nitrogens is 4. The molecule has 2 heterocycles. The lowest BCUT2D eigenvalue weighted by Gasteiger charge is -2.22. The van der Waals surface area contributed by atoms with Gasteiger partial charge in [-0.2, -0.15) is 5.21 Å². The minimum absolute atomic E-state index is 0.0203. The number of hydrogen-bond donors (Lipinski definition) is 2. The van der Waals surface area contributed by atoms with E-state index >= 15 is 0 Å². The summed E-state index contributed by atoms with van der Waals surface area (Å²) in [5.41, 5.74) is 0. The highest BCUT2D eigenvalue weighted by Gasteiger charge is 2.19. The first-order valence-electron chi connectivity index (χ1n) is 5.40. The third-order valence-corrected chi connectivity index (χ3v) is 2.50. The zero-order valence-electron chi connectivity index (χ0n) is 10.1. The molecule has 0 spiro atoms. The molecule has 0 saturated carbocycles. The number of amides is 1. The van der Waals surface area contributed by atoms with Gasteiger partial charge in [-0.1, -0.05) is 0 Å². The quantitative estimate of drug-likeness (QED) is 0.764. The molecule has 2 N–H and O–H groups in total. The summed E-state index contributed by atoms with van der Waals surface area (Å²) in [5, 5.41) is 15.5. The third-order valence-electron chi connectivity index (χ3n) is 2.50. The fraction of sp³-hybridized carbons (Fsp3) is 0.400. The first-order chi connectivity index (χ1) is 8.68. The van der Waals surface area contributed by atoms with Crippen molar-refractivity contribution in [2.45, 2.75) is 6.04 Å². The van der Waals surface area contributed by atoms with Crippen LogP contribution in [0.1, 0.15) is 22.4 Å². The molecule has 8 nitrogen and oxygen atoms in total. The lowest BCUT2D eigenvalue weighted by molar-refractivity contribution is 0.0928. The maximum Gasteiger partial charge on any atom is 0.292 e. The molecule has 0 saturated heterocycles. The predicted molar refractivity (Wildman–Crippen MR) is 61.6 cm³/mol. The van der Waals surface area contributed by atoms with Gasteiger partial charge in [0.05, 0.1) is 12.3 Å². The van der Waals surface area contributed by atoms with Gasteiger partial charge in [-0.15, -0.1) is 10.2 Å². The molecule has 0 fully saturated rings. The van der Waals surface area contributed by atoms with Crippen LogP contribution in [0.15, 0.2) is 22.8 Å². The second-order valence-corrected chi connectivity index (χ2v) is 3.94. The van der Waals surface area contributed by atoms with Gasteiger partial charge in [-0.05, 0) is 31.4 Å². The highest BCUT2D eigenvalue weighted by Crippen LogP contribution is 2.17. The van der Waals surface area contributed by atoms with Crippen molar-refractivity contribution in [1.82, 2.24) is 30.8 Å². The van der Waals surface area contributed by atoms with Gasteiger partial charge < -0.3 is 9.73 Å². The summed E-state index contributed by atoms with van der Waals surface area (Å²) in [6.45, 7) is 0.397. The lowest BCUT2D eigenvalue weighted by atomic mass is 10.2. The van der Waals surface area contributed by atoms with Gasteiger partial charge in [0, 0.05) is 6.54 Å². The van der Waals surface area contributed by atoms with Crippen molar-refractivity contribution >= 4 is 5.91 Å². The van der Waals surface area contributed by atoms with Gasteiger partial charge in [0.2, 0.25) is 0 Å². The van der Waals surface area contributed by atoms with E-state index in [9.17, 15) is 4.79 Å². The number of nitrogens with one attached hydrogen (secondary N) is 2. The molecule has 0 aromatic carbocycles. The van der Waals surface area contributed by atoms with E-state index in [2.05, 4.69) is 25.9 Å². The van der Waals surface area contributed by atoms with E-state index in [1.54, 1.807) is 6.26 Å². The molecule has 2 aromatic heterocycles. The summed E-state index contributed by atoms with van der Waals surface area (Å²) < 4.78 is 5.34. The third kappa shape index (κ3) is 2.72. The van der Waals surface area contributed by atoms with E-state index in [0.29, 0.717) is 6.54 Å². The lowest BCUT2D eigenvalue weighted by Crippen LogP contribution is -2.34. The van der Waals surface area contributed by atoms with Gasteiger partial charge in [0.15, 0.2) is 0 Å². The Morgan fingerprint density at radius 3 is 3.00 bits per heavy atom. The van der Waals surface area contributed by atoms with Crippen molar-refractivity contribution < 1.29 is 9.21 Å². The Morgan fingerprint density at radius 2 is 2.44 bits per heavy atom. The second-order valence-electron chi connectivity index (χ2n) is 3.94. The Bertz CT molecular complexity index is 478. The van der Waals surface area contributed by atoms with E-state index in [4.69, 9.17) is 4.42 Å². The fourth-order valence-corrected chi connectivity index (χ4v) is 1.54. The van der Waals surface area contributed by atoms with Gasteiger partial charge in [-0.3, -0.25) is 9.69 Å². The molecule has 96 valence electrons. The largest absolute Gasteiger partial charge is 0.468 e. The van der Waals surface area contributed by atoms with Crippen molar-refractivity contribution in [2.24, 2.45) is 0 Å². The molecule has 2 aromatic rings. The number of aromatic amines is 1. The first-order valence-corrected chi connectivity index (χ1v) is 5.40. The van der Waals surface area contributed by atoms with Crippen LogP contribution in [0.2, 0.25) is 0 Å². The van der Waals surface area contributed by atoms with Crippen LogP contribution in [0.3, 0.4) is 0 Å². The molecule has 0 aliphatic carbocycles. The van der Waals surface area contributed by atoms with Gasteiger partial charge >= 0.3 is 0 Å². The minimum Gasteiger partial charge on any atom is -0.468 e. The first kappa shape index (κ1) is 12.2. The molecular weight excluding hydrogens is 236 g/mol. The fourth-order valence-electron chi connectivity index (χ4n) is 1.54. The molecule has 2 rings (SSSR count). The predicted octanol–water partition coefficient (Wildman–Crippen LogP) is -0.175. The van der Waals surface area contributed by atoms with E-state index in [1.807, 2.05) is 31.1 Å². The number of carbonyl (C=O) groups excluding carboxylic acids is 1. The van der Waals surface area contributed by atoms with Gasteiger partial charge in [-0.25, -0.2) is 0 Å². The molecule has 1 amide bonds. The second kappa shape index (κ2) is 5.41. The molecule has 1 atom stereocenters. The summed E-state index contributed by atoms with van der Waals surface area (Å²) >= 11 is 0. The topological polar surface area (TPSA) is 99.9 Å². The molecule has 0 radical (unpaired) electrons. The molecule has 0 aliphatic rings. The average molecular weight is 250 g/mol. The van der Waals surface area contributed by atoms with Crippen LogP contribution in [0.5, 0.6) is 0 Å². The standard InChI is InChI=1S/C10H14N6O2/c1-16(2)7(8-4-3-5-18-8)6-11-10(17)9-12-14-15-13-9/h3-5,7H,6H2,1-2H3,(H,11,17)(H,12,13,14,15). The Kier molecular flexibility index (Phi) is 3.68. The average Bonchev–Trinajstić information content (AvgIpc) is 3.01. The van der Waals surface area contributed by atoms with E-state index < -0.39 is 0 Å². The highest BCUT2D eigenvalue weighted by atomic mass is 16.3. The van der Waals surface area contributed by atoms with Gasteiger partial charge in [0.1, 0.15) is 5.76 Å². The van der Waals surface area contributed by atoms with Crippen LogP contribution in [0, 0.1) is 0 Å². The smallest absolute Gasteiger partial charge is 0.292 e. The summed E-state index contributed by atoms with van der Waals surface area (Å²) in [5.74, 6) is 0.433. The van der Waals surface area contributed by atoms with Crippen molar-refractivity contribution in [3.8, 4) is 0 Å². The van der Waals surface area contributed by atoms with E-state index in [-0.39, 0.29) is 17.8 Å². The van der Waals surface area contributed by atoms with Crippen LogP contribution < -0.4 is 5.32 Å². The van der Waals surface area contributed by atoms with Crippen molar-refractivity contribution in [3.05, 3.63) is 30.0 Å². The van der Waals surface area contributed by atoms with Crippen molar-refractivity contribution in [3.63, 3.8) is 0 Å². The van der Waals surface area contributed by atoms with Crippen LogP contribution in [-0.2, 0) is 0 Å². The van der Waals surface area contributed by atoms with Crippen LogP contribution in [0.25, 0.3) is 0 Å². The van der Waals surface area contributed by atoms with E-state index in [0.717, 1.165) is 5.76 Å². The number of hydrogen-bond acceptors (Lipinski definition) is 6. The number of tetrazole rings is 1. The van der Waals surface area contributed by atoms with Crippen LogP contribution in [0.4, 0.5) is 0 Å². The van der Waals surface area contributed by atoms with Crippen LogP contribution >= 0.6 is 0 Å². The Labute approximate surface area is 103 Å². The normalized spacial score (nSPS) is 12.6. The SMILES string of the molecule is CN(C)C(CNC(=O)c1nn[nH]n1)c1ccco1. The summed E-state index contributed by atoms with van der Waals surface area (Å²) in [6.07, 6.45) is 1.60. The van der Waals surface area contributed by atoms with Crippen LogP contribution in [-0.4, -0.2) is 52.1 Å². The number of carbonyl (C=O) groups is 1. The van der Waals surface area contributed by atoms with Crippen molar-refractivity contribution in [1.29, 1.82) is 0 Å². The monoisotopic (exact) mass is 250 g/mol. The summed E-state index contributed by atoms with van der Waals surface area (Å²) in [4.78, 5) is 13.6. The highest BCUT2D eigenvalue weighted by molar-refractivity contribution is 5.90. The number of likely N-dealkylation sites (N-methyl/N-ethyl adjacent to an activating group) is 1. The molecule has 0 aliphatic heterocycles. The number of rotatable bonds is 5. The molecule has 0 bridgehead atoms. The summed E-state index contributed by atoms with van der Waals surface area (Å²) in [7, 11) is 3.82. The maximum atomic E-state index is 11.7. The van der Waals surface area contributed by atoms with Crippen molar-refractivity contribution in [2.75, 3.05) is 20.6 Å². The number of nitrogens with zero attached hydrogens (tertiary/aromatic N) is 4. The molecule has 1 unspecified atom stereocenters. The zero-order valence-corrected chi connectivity index (χ0v) is 10.1. The number of furan rings is 1. The zero-order chi connectivity index (χ0) is 13.0. The number of H-pyrrole nitrogens is 1. The Hall–Kier alpha value is -2.22. The van der Waals surface area contributed by atoms with E-state index in [1.165, 1.54) is 0 Å². The minimum atomic E-state index is -0.373. The maximum absolute atomic E-state index is 11.7. The molecule has 8 heteroatoms. The Morgan fingerprint density at radius 1 is 1.61 bits per heavy atom. The molecule has 18 heavy (non-hydrogen) atoms.